The van der Waals surface area contributed by atoms with Crippen LogP contribution in [0.3, 0.4) is 0 Å². The number of nitrogens with zero attached hydrogens (tertiary/aromatic N) is 5. The Kier molecular flexibility index (Phi) is 3.86. The van der Waals surface area contributed by atoms with E-state index >= 15 is 0 Å². The summed E-state index contributed by atoms with van der Waals surface area (Å²) in [5, 5.41) is 3.02. The van der Waals surface area contributed by atoms with Gasteiger partial charge in [-0.25, -0.2) is 0 Å². The zero-order valence-corrected chi connectivity index (χ0v) is 12.2. The van der Waals surface area contributed by atoms with Gasteiger partial charge in [-0.1, -0.05) is 0 Å². The molecule has 1 saturated heterocycles. The lowest BCUT2D eigenvalue weighted by atomic mass is 10.4. The Balaban J connectivity index is 1.81. The molecule has 1 aromatic rings. The predicted octanol–water partition coefficient (Wildman–Crippen LogP) is 0.596. The molecule has 0 atom stereocenters. The average Bonchev–Trinajstić information content (AvgIpc) is 3.31. The quantitative estimate of drug-likeness (QED) is 0.845. The van der Waals surface area contributed by atoms with Crippen molar-refractivity contribution in [3.63, 3.8) is 0 Å². The van der Waals surface area contributed by atoms with Gasteiger partial charge < -0.3 is 19.9 Å². The second kappa shape index (κ2) is 5.78. The lowest BCUT2D eigenvalue weighted by molar-refractivity contribution is 0.122. The first kappa shape index (κ1) is 13.4. The zero-order chi connectivity index (χ0) is 13.9. The number of nitrogens with one attached hydrogen (secondary N) is 1. The van der Waals surface area contributed by atoms with E-state index in [1.54, 1.807) is 0 Å². The molecule has 7 nitrogen and oxygen atoms in total. The molecule has 1 aromatic heterocycles. The van der Waals surface area contributed by atoms with Crippen LogP contribution in [0.1, 0.15) is 12.8 Å². The largest absolute Gasteiger partial charge is 0.378 e. The summed E-state index contributed by atoms with van der Waals surface area (Å²) >= 11 is 0. The second-order valence-corrected chi connectivity index (χ2v) is 5.43. The van der Waals surface area contributed by atoms with Crippen molar-refractivity contribution in [2.45, 2.75) is 12.8 Å². The minimum absolute atomic E-state index is 0.624. The van der Waals surface area contributed by atoms with Gasteiger partial charge >= 0.3 is 0 Å². The Bertz CT molecular complexity index is 458. The van der Waals surface area contributed by atoms with E-state index in [2.05, 4.69) is 37.1 Å². The Morgan fingerprint density at radius 1 is 1.25 bits per heavy atom. The normalized spacial score (nSPS) is 19.0. The highest BCUT2D eigenvalue weighted by Gasteiger charge is 2.25. The molecule has 0 radical (unpaired) electrons. The van der Waals surface area contributed by atoms with Crippen molar-refractivity contribution in [1.29, 1.82) is 0 Å². The molecule has 0 aromatic carbocycles. The summed E-state index contributed by atoms with van der Waals surface area (Å²) in [4.78, 5) is 17.8. The number of anilines is 3. The molecule has 110 valence electrons. The van der Waals surface area contributed by atoms with Gasteiger partial charge in [0.05, 0.1) is 13.2 Å². The highest BCUT2D eigenvalue weighted by atomic mass is 16.5. The Labute approximate surface area is 119 Å². The van der Waals surface area contributed by atoms with Crippen LogP contribution < -0.4 is 15.1 Å². The Morgan fingerprint density at radius 3 is 2.65 bits per heavy atom. The summed E-state index contributed by atoms with van der Waals surface area (Å²) in [6.07, 6.45) is 2.65. The molecule has 1 aliphatic heterocycles. The second-order valence-electron chi connectivity index (χ2n) is 5.43. The van der Waals surface area contributed by atoms with Crippen LogP contribution in [-0.2, 0) is 4.74 Å². The number of hydrogen-bond donors (Lipinski definition) is 1. The average molecular weight is 278 g/mol. The van der Waals surface area contributed by atoms with Gasteiger partial charge in [-0.2, -0.15) is 15.0 Å². The summed E-state index contributed by atoms with van der Waals surface area (Å²) in [5.74, 6) is 2.92. The maximum Gasteiger partial charge on any atom is 0.232 e. The molecule has 0 amide bonds. The van der Waals surface area contributed by atoms with Gasteiger partial charge in [0.25, 0.3) is 0 Å². The molecular weight excluding hydrogens is 256 g/mol. The molecule has 2 aliphatic rings. The number of aromatic nitrogens is 3. The number of ether oxygens (including phenoxy) is 1. The van der Waals surface area contributed by atoms with Gasteiger partial charge in [0.15, 0.2) is 0 Å². The van der Waals surface area contributed by atoms with Crippen molar-refractivity contribution in [1.82, 2.24) is 15.0 Å². The summed E-state index contributed by atoms with van der Waals surface area (Å²) in [6, 6.07) is 0. The number of hydrogen-bond acceptors (Lipinski definition) is 7. The maximum absolute atomic E-state index is 5.38. The van der Waals surface area contributed by atoms with E-state index < -0.39 is 0 Å². The first-order valence-electron chi connectivity index (χ1n) is 7.24. The summed E-state index contributed by atoms with van der Waals surface area (Å²) in [5.41, 5.74) is 0. The van der Waals surface area contributed by atoms with Gasteiger partial charge in [-0.15, -0.1) is 0 Å². The van der Waals surface area contributed by atoms with Crippen molar-refractivity contribution >= 4 is 17.8 Å². The number of rotatable bonds is 5. The molecule has 0 spiro atoms. The topological polar surface area (TPSA) is 66.4 Å². The van der Waals surface area contributed by atoms with Crippen LogP contribution in [0.5, 0.6) is 0 Å². The maximum atomic E-state index is 5.38. The van der Waals surface area contributed by atoms with Gasteiger partial charge in [-0.3, -0.25) is 0 Å². The van der Waals surface area contributed by atoms with Crippen LogP contribution >= 0.6 is 0 Å². The van der Waals surface area contributed by atoms with Crippen molar-refractivity contribution in [3.8, 4) is 0 Å². The number of morpholine rings is 1. The molecule has 2 heterocycles. The summed E-state index contributed by atoms with van der Waals surface area (Å²) < 4.78 is 5.38. The monoisotopic (exact) mass is 278 g/mol. The molecule has 0 unspecified atom stereocenters. The van der Waals surface area contributed by atoms with Gasteiger partial charge in [0.2, 0.25) is 17.8 Å². The summed E-state index contributed by atoms with van der Waals surface area (Å²) in [7, 11) is 3.89. The van der Waals surface area contributed by atoms with E-state index in [0.717, 1.165) is 50.7 Å². The van der Waals surface area contributed by atoms with E-state index in [9.17, 15) is 0 Å². The van der Waals surface area contributed by atoms with E-state index in [1.807, 2.05) is 7.05 Å². The van der Waals surface area contributed by atoms with Crippen LogP contribution in [0, 0.1) is 5.92 Å². The molecular formula is C13H22N6O. The fourth-order valence-corrected chi connectivity index (χ4v) is 2.31. The van der Waals surface area contributed by atoms with Crippen LogP contribution in [0.4, 0.5) is 17.8 Å². The lowest BCUT2D eigenvalue weighted by Gasteiger charge is -2.28. The van der Waals surface area contributed by atoms with Crippen LogP contribution in [0.2, 0.25) is 0 Å². The molecule has 0 bridgehead atoms. The van der Waals surface area contributed by atoms with E-state index in [-0.39, 0.29) is 0 Å². The molecule has 1 N–H and O–H groups in total. The highest BCUT2D eigenvalue weighted by molar-refractivity contribution is 5.45. The predicted molar refractivity (Wildman–Crippen MR) is 78.4 cm³/mol. The third kappa shape index (κ3) is 3.09. The fourth-order valence-electron chi connectivity index (χ4n) is 2.31. The fraction of sp³-hybridized carbons (Fsp3) is 0.769. The third-order valence-electron chi connectivity index (χ3n) is 3.70. The third-order valence-corrected chi connectivity index (χ3v) is 3.70. The molecule has 2 fully saturated rings. The van der Waals surface area contributed by atoms with E-state index in [1.165, 1.54) is 12.8 Å². The van der Waals surface area contributed by atoms with Gasteiger partial charge in [0, 0.05) is 33.7 Å². The van der Waals surface area contributed by atoms with Crippen LogP contribution in [-0.4, -0.2) is 61.9 Å². The highest BCUT2D eigenvalue weighted by Crippen LogP contribution is 2.30. The Morgan fingerprint density at radius 2 is 2.00 bits per heavy atom. The van der Waals surface area contributed by atoms with E-state index in [0.29, 0.717) is 5.95 Å². The van der Waals surface area contributed by atoms with E-state index in [4.69, 9.17) is 4.74 Å². The molecule has 20 heavy (non-hydrogen) atoms. The molecule has 1 aliphatic carbocycles. The summed E-state index contributed by atoms with van der Waals surface area (Å²) in [6.45, 7) is 4.15. The molecule has 1 saturated carbocycles. The van der Waals surface area contributed by atoms with Crippen LogP contribution in [0.25, 0.3) is 0 Å². The smallest absolute Gasteiger partial charge is 0.232 e. The van der Waals surface area contributed by atoms with Crippen molar-refractivity contribution < 1.29 is 4.74 Å². The van der Waals surface area contributed by atoms with Crippen molar-refractivity contribution in [2.24, 2.45) is 5.92 Å². The standard InChI is InChI=1S/C13H22N6O/c1-14-11-15-12(18(2)9-10-3-4-10)17-13(16-11)19-5-7-20-8-6-19/h10H,3-9H2,1-2H3,(H,14,15,16,17). The first-order chi connectivity index (χ1) is 9.76. The lowest BCUT2D eigenvalue weighted by Crippen LogP contribution is -2.38. The van der Waals surface area contributed by atoms with Crippen LogP contribution in [0.15, 0.2) is 0 Å². The minimum Gasteiger partial charge on any atom is -0.378 e. The SMILES string of the molecule is CNc1nc(N(C)CC2CC2)nc(N2CCOCC2)n1. The zero-order valence-electron chi connectivity index (χ0n) is 12.2. The molecule has 3 rings (SSSR count). The van der Waals surface area contributed by atoms with Crippen molar-refractivity contribution in [3.05, 3.63) is 0 Å². The Hall–Kier alpha value is -1.63. The van der Waals surface area contributed by atoms with Gasteiger partial charge in [0.1, 0.15) is 0 Å². The van der Waals surface area contributed by atoms with Crippen molar-refractivity contribution in [2.75, 3.05) is 62.1 Å². The minimum atomic E-state index is 0.624. The molecule has 7 heteroatoms. The first-order valence-corrected chi connectivity index (χ1v) is 7.24. The van der Waals surface area contributed by atoms with Gasteiger partial charge in [-0.05, 0) is 18.8 Å².